The van der Waals surface area contributed by atoms with Crippen molar-refractivity contribution >= 4 is 11.7 Å². The minimum Gasteiger partial charge on any atom is -0.305 e. The van der Waals surface area contributed by atoms with Crippen molar-refractivity contribution in [3.8, 4) is 5.69 Å². The molecule has 0 unspecified atom stereocenters. The van der Waals surface area contributed by atoms with E-state index in [-0.39, 0.29) is 5.69 Å². The average molecular weight is 320 g/mol. The fraction of sp³-hybridized carbons (Fsp3) is 0.111. The Labute approximate surface area is 138 Å². The molecule has 0 radical (unpaired) electrons. The van der Waals surface area contributed by atoms with E-state index in [0.29, 0.717) is 11.5 Å². The number of benzene rings is 1. The van der Waals surface area contributed by atoms with Crippen LogP contribution >= 0.6 is 0 Å². The molecule has 0 aliphatic rings. The van der Waals surface area contributed by atoms with Gasteiger partial charge in [0.1, 0.15) is 5.82 Å². The van der Waals surface area contributed by atoms with E-state index >= 15 is 0 Å². The molecule has 0 saturated heterocycles. The molecule has 0 saturated carbocycles. The first-order valence-corrected chi connectivity index (χ1v) is 7.46. The molecule has 0 fully saturated rings. The van der Waals surface area contributed by atoms with Gasteiger partial charge in [-0.15, -0.1) is 0 Å². The van der Waals surface area contributed by atoms with Crippen LogP contribution in [0, 0.1) is 13.8 Å². The van der Waals surface area contributed by atoms with E-state index in [1.807, 2.05) is 43.3 Å². The van der Waals surface area contributed by atoms with E-state index in [1.54, 1.807) is 23.7 Å². The van der Waals surface area contributed by atoms with Gasteiger partial charge in [-0.1, -0.05) is 24.3 Å². The molecule has 3 rings (SSSR count). The van der Waals surface area contributed by atoms with Crippen molar-refractivity contribution in [2.45, 2.75) is 13.8 Å². The zero-order valence-electron chi connectivity index (χ0n) is 13.4. The lowest BCUT2D eigenvalue weighted by atomic mass is 10.2. The molecule has 6 heteroatoms. The van der Waals surface area contributed by atoms with Gasteiger partial charge in [0.2, 0.25) is 5.43 Å². The van der Waals surface area contributed by atoms with Crippen LogP contribution in [-0.4, -0.2) is 20.7 Å². The van der Waals surface area contributed by atoms with Gasteiger partial charge in [-0.2, -0.15) is 5.10 Å². The van der Waals surface area contributed by atoms with Crippen LogP contribution in [0.15, 0.2) is 59.4 Å². The Balaban J connectivity index is 1.99. The number of para-hydroxylation sites is 1. The Kier molecular flexibility index (Phi) is 4.20. The molecule has 1 aromatic carbocycles. The fourth-order valence-corrected chi connectivity index (χ4v) is 2.32. The molecule has 2 heterocycles. The van der Waals surface area contributed by atoms with E-state index in [0.717, 1.165) is 11.4 Å². The lowest BCUT2D eigenvalue weighted by Crippen LogP contribution is -2.27. The maximum absolute atomic E-state index is 12.4. The maximum Gasteiger partial charge on any atom is 0.281 e. The van der Waals surface area contributed by atoms with Crippen molar-refractivity contribution in [1.82, 2.24) is 14.8 Å². The molecule has 3 aromatic rings. The van der Waals surface area contributed by atoms with Crippen LogP contribution in [0.3, 0.4) is 0 Å². The smallest absolute Gasteiger partial charge is 0.281 e. The van der Waals surface area contributed by atoms with Gasteiger partial charge in [0.05, 0.1) is 5.69 Å². The van der Waals surface area contributed by atoms with Crippen LogP contribution < -0.4 is 10.7 Å². The highest BCUT2D eigenvalue weighted by atomic mass is 16.2. The van der Waals surface area contributed by atoms with Gasteiger partial charge in [0, 0.05) is 17.5 Å². The molecule has 2 aromatic heterocycles. The Morgan fingerprint density at radius 2 is 1.79 bits per heavy atom. The van der Waals surface area contributed by atoms with Gasteiger partial charge in [-0.05, 0) is 38.1 Å². The quantitative estimate of drug-likeness (QED) is 0.804. The summed E-state index contributed by atoms with van der Waals surface area (Å²) in [6.07, 6.45) is 0. The maximum atomic E-state index is 12.4. The van der Waals surface area contributed by atoms with Crippen LogP contribution in [0.5, 0.6) is 0 Å². The van der Waals surface area contributed by atoms with Crippen LogP contribution in [-0.2, 0) is 0 Å². The van der Waals surface area contributed by atoms with Crippen molar-refractivity contribution < 1.29 is 4.79 Å². The number of carbonyl (C=O) groups is 1. The standard InChI is InChI=1S/C18H16N4O2/c1-12-7-6-10-16(19-12)20-18(24)17-15(23)11-13(2)22(21-17)14-8-4-3-5-9-14/h3-11H,1-2H3,(H,19,20,24). The van der Waals surface area contributed by atoms with Crippen LogP contribution in [0.1, 0.15) is 21.9 Å². The van der Waals surface area contributed by atoms with Gasteiger partial charge < -0.3 is 5.32 Å². The van der Waals surface area contributed by atoms with Gasteiger partial charge in [0.15, 0.2) is 5.69 Å². The molecule has 0 atom stereocenters. The Morgan fingerprint density at radius 3 is 2.50 bits per heavy atom. The number of pyridine rings is 1. The van der Waals surface area contributed by atoms with Crippen LogP contribution in [0.25, 0.3) is 5.69 Å². The zero-order valence-corrected chi connectivity index (χ0v) is 13.4. The van der Waals surface area contributed by atoms with Crippen molar-refractivity contribution in [2.75, 3.05) is 5.32 Å². The van der Waals surface area contributed by atoms with E-state index in [9.17, 15) is 9.59 Å². The van der Waals surface area contributed by atoms with Gasteiger partial charge in [-0.3, -0.25) is 9.59 Å². The molecule has 1 N–H and O–H groups in total. The predicted octanol–water partition coefficient (Wildman–Crippen LogP) is 2.50. The van der Waals surface area contributed by atoms with Crippen molar-refractivity contribution in [3.63, 3.8) is 0 Å². The summed E-state index contributed by atoms with van der Waals surface area (Å²) in [5, 5.41) is 6.84. The van der Waals surface area contributed by atoms with E-state index in [2.05, 4.69) is 15.4 Å². The monoisotopic (exact) mass is 320 g/mol. The molecule has 6 nitrogen and oxygen atoms in total. The molecular weight excluding hydrogens is 304 g/mol. The predicted molar refractivity (Wildman–Crippen MR) is 91.5 cm³/mol. The third-order valence-electron chi connectivity index (χ3n) is 3.45. The summed E-state index contributed by atoms with van der Waals surface area (Å²) in [6.45, 7) is 3.59. The summed E-state index contributed by atoms with van der Waals surface area (Å²) in [4.78, 5) is 28.8. The second-order valence-electron chi connectivity index (χ2n) is 5.36. The first kappa shape index (κ1) is 15.6. The SMILES string of the molecule is Cc1cccc(NC(=O)c2nn(-c3ccccc3)c(C)cc2=O)n1. The number of aromatic nitrogens is 3. The molecular formula is C18H16N4O2. The fourth-order valence-electron chi connectivity index (χ4n) is 2.32. The second kappa shape index (κ2) is 6.45. The summed E-state index contributed by atoms with van der Waals surface area (Å²) >= 11 is 0. The van der Waals surface area contributed by atoms with Crippen LogP contribution in [0.2, 0.25) is 0 Å². The number of carbonyl (C=O) groups excluding carboxylic acids is 1. The topological polar surface area (TPSA) is 76.9 Å². The molecule has 24 heavy (non-hydrogen) atoms. The van der Waals surface area contributed by atoms with E-state index in [4.69, 9.17) is 0 Å². The Bertz CT molecular complexity index is 949. The summed E-state index contributed by atoms with van der Waals surface area (Å²) in [5.74, 6) is -0.198. The molecule has 120 valence electrons. The number of nitrogens with one attached hydrogen (secondary N) is 1. The summed E-state index contributed by atoms with van der Waals surface area (Å²) in [6, 6.07) is 16.0. The number of nitrogens with zero attached hydrogens (tertiary/aromatic N) is 3. The number of anilines is 1. The molecule has 0 aliphatic carbocycles. The number of rotatable bonds is 3. The Hall–Kier alpha value is -3.28. The minimum absolute atomic E-state index is 0.173. The minimum atomic E-state index is -0.581. The van der Waals surface area contributed by atoms with Crippen molar-refractivity contribution in [2.24, 2.45) is 0 Å². The molecule has 0 spiro atoms. The van der Waals surface area contributed by atoms with Crippen LogP contribution in [0.4, 0.5) is 5.82 Å². The van der Waals surface area contributed by atoms with Gasteiger partial charge in [0.25, 0.3) is 5.91 Å². The number of hydrogen-bond acceptors (Lipinski definition) is 4. The lowest BCUT2D eigenvalue weighted by Gasteiger charge is -2.11. The normalized spacial score (nSPS) is 10.4. The average Bonchev–Trinajstić information content (AvgIpc) is 2.55. The third kappa shape index (κ3) is 3.22. The second-order valence-corrected chi connectivity index (χ2v) is 5.36. The number of hydrogen-bond donors (Lipinski definition) is 1. The third-order valence-corrected chi connectivity index (χ3v) is 3.45. The number of amides is 1. The first-order valence-electron chi connectivity index (χ1n) is 7.46. The summed E-state index contributed by atoms with van der Waals surface area (Å²) in [7, 11) is 0. The summed E-state index contributed by atoms with van der Waals surface area (Å²) in [5.41, 5.74) is 1.60. The van der Waals surface area contributed by atoms with Gasteiger partial charge in [-0.25, -0.2) is 9.67 Å². The highest BCUT2D eigenvalue weighted by Crippen LogP contribution is 2.09. The van der Waals surface area contributed by atoms with E-state index < -0.39 is 11.3 Å². The molecule has 0 aliphatic heterocycles. The molecule has 0 bridgehead atoms. The number of aryl methyl sites for hydroxylation is 2. The largest absolute Gasteiger partial charge is 0.305 e. The van der Waals surface area contributed by atoms with E-state index in [1.165, 1.54) is 6.07 Å². The van der Waals surface area contributed by atoms with Crippen molar-refractivity contribution in [1.29, 1.82) is 0 Å². The molecule has 1 amide bonds. The highest BCUT2D eigenvalue weighted by Gasteiger charge is 2.16. The van der Waals surface area contributed by atoms with Gasteiger partial charge >= 0.3 is 0 Å². The summed E-state index contributed by atoms with van der Waals surface area (Å²) < 4.78 is 1.57. The van der Waals surface area contributed by atoms with Crippen molar-refractivity contribution in [3.05, 3.63) is 81.9 Å². The lowest BCUT2D eigenvalue weighted by molar-refractivity contribution is 0.101. The Morgan fingerprint density at radius 1 is 1.04 bits per heavy atom. The first-order chi connectivity index (χ1) is 11.5. The zero-order chi connectivity index (χ0) is 17.1. The highest BCUT2D eigenvalue weighted by molar-refractivity contribution is 6.02.